The van der Waals surface area contributed by atoms with Crippen molar-refractivity contribution in [1.29, 1.82) is 0 Å². The fourth-order valence-electron chi connectivity index (χ4n) is 2.63. The standard InChI is InChI=1S/C18H13BrClN5OS/c1-10-21-17-12-4-2-3-5-14(12)23-18(25(17)24-10)27-9-16(26)22-15-7-6-11(19)8-13(15)20/h2-8H,9H2,1H3,(H,22,26). The number of thioether (sulfide) groups is 1. The smallest absolute Gasteiger partial charge is 0.234 e. The lowest BCUT2D eigenvalue weighted by molar-refractivity contribution is -0.113. The number of halogens is 2. The highest BCUT2D eigenvalue weighted by atomic mass is 79.9. The van der Waals surface area contributed by atoms with Gasteiger partial charge in [0.25, 0.3) is 0 Å². The van der Waals surface area contributed by atoms with E-state index in [-0.39, 0.29) is 11.7 Å². The monoisotopic (exact) mass is 461 g/mol. The molecule has 9 heteroatoms. The first-order valence-corrected chi connectivity index (χ1v) is 10.2. The Balaban J connectivity index is 1.58. The number of aromatic nitrogens is 4. The van der Waals surface area contributed by atoms with Gasteiger partial charge < -0.3 is 5.32 Å². The number of hydrogen-bond donors (Lipinski definition) is 1. The van der Waals surface area contributed by atoms with Crippen LogP contribution in [0.1, 0.15) is 5.82 Å². The van der Waals surface area contributed by atoms with Crippen molar-refractivity contribution in [3.05, 3.63) is 57.8 Å². The third-order valence-electron chi connectivity index (χ3n) is 3.79. The number of para-hydroxylation sites is 1. The summed E-state index contributed by atoms with van der Waals surface area (Å²) in [5.41, 5.74) is 2.12. The first kappa shape index (κ1) is 18.2. The van der Waals surface area contributed by atoms with Crippen LogP contribution in [0.15, 0.2) is 52.1 Å². The van der Waals surface area contributed by atoms with E-state index in [2.05, 4.69) is 36.3 Å². The van der Waals surface area contributed by atoms with Gasteiger partial charge in [0.05, 0.1) is 22.0 Å². The normalized spacial score (nSPS) is 11.2. The molecular weight excluding hydrogens is 450 g/mol. The van der Waals surface area contributed by atoms with Crippen molar-refractivity contribution in [2.24, 2.45) is 0 Å². The average molecular weight is 463 g/mol. The van der Waals surface area contributed by atoms with Gasteiger partial charge >= 0.3 is 0 Å². The zero-order chi connectivity index (χ0) is 19.0. The van der Waals surface area contributed by atoms with E-state index in [9.17, 15) is 4.79 Å². The van der Waals surface area contributed by atoms with Crippen LogP contribution >= 0.6 is 39.3 Å². The quantitative estimate of drug-likeness (QED) is 0.350. The van der Waals surface area contributed by atoms with Gasteiger partial charge in [0.15, 0.2) is 10.8 Å². The maximum atomic E-state index is 12.4. The van der Waals surface area contributed by atoms with Crippen molar-refractivity contribution >= 4 is 67.4 Å². The van der Waals surface area contributed by atoms with E-state index >= 15 is 0 Å². The van der Waals surface area contributed by atoms with Crippen LogP contribution in [0.2, 0.25) is 5.02 Å². The molecule has 0 aliphatic rings. The number of nitrogens with zero attached hydrogens (tertiary/aromatic N) is 4. The molecule has 0 atom stereocenters. The predicted octanol–water partition coefficient (Wildman–Crippen LogP) is 4.73. The Morgan fingerprint density at radius 3 is 2.89 bits per heavy atom. The summed E-state index contributed by atoms with van der Waals surface area (Å²) in [6, 6.07) is 13.1. The molecule has 4 aromatic rings. The second-order valence-corrected chi connectivity index (χ2v) is 8.03. The third-order valence-corrected chi connectivity index (χ3v) is 5.53. The Hall–Kier alpha value is -2.16. The van der Waals surface area contributed by atoms with Gasteiger partial charge in [-0.1, -0.05) is 51.4 Å². The lowest BCUT2D eigenvalue weighted by atomic mass is 10.2. The maximum Gasteiger partial charge on any atom is 0.234 e. The van der Waals surface area contributed by atoms with Crippen molar-refractivity contribution in [3.63, 3.8) is 0 Å². The number of aryl methyl sites for hydroxylation is 1. The minimum Gasteiger partial charge on any atom is -0.324 e. The third kappa shape index (κ3) is 3.78. The van der Waals surface area contributed by atoms with Crippen LogP contribution in [0.5, 0.6) is 0 Å². The summed E-state index contributed by atoms with van der Waals surface area (Å²) in [6.45, 7) is 1.83. The number of rotatable bonds is 4. The predicted molar refractivity (Wildman–Crippen MR) is 112 cm³/mol. The zero-order valence-corrected chi connectivity index (χ0v) is 17.3. The van der Waals surface area contributed by atoms with Gasteiger partial charge in [-0.3, -0.25) is 4.79 Å². The zero-order valence-electron chi connectivity index (χ0n) is 14.1. The SMILES string of the molecule is Cc1nc2c3ccccc3nc(SCC(=O)Nc3ccc(Br)cc3Cl)n2n1. The van der Waals surface area contributed by atoms with Gasteiger partial charge in [0.1, 0.15) is 5.82 Å². The molecule has 0 spiro atoms. The number of amides is 1. The lowest BCUT2D eigenvalue weighted by Gasteiger charge is -2.08. The highest BCUT2D eigenvalue weighted by Gasteiger charge is 2.14. The van der Waals surface area contributed by atoms with Crippen LogP contribution in [-0.4, -0.2) is 31.2 Å². The fraction of sp³-hybridized carbons (Fsp3) is 0.111. The number of benzene rings is 2. The highest BCUT2D eigenvalue weighted by Crippen LogP contribution is 2.27. The van der Waals surface area contributed by atoms with Crippen molar-refractivity contribution in [3.8, 4) is 0 Å². The molecule has 0 aliphatic heterocycles. The first-order valence-electron chi connectivity index (χ1n) is 8.01. The van der Waals surface area contributed by atoms with Crippen molar-refractivity contribution < 1.29 is 4.79 Å². The molecule has 0 bridgehead atoms. The second-order valence-electron chi connectivity index (χ2n) is 5.77. The fourth-order valence-corrected chi connectivity index (χ4v) is 4.10. The highest BCUT2D eigenvalue weighted by molar-refractivity contribution is 9.10. The molecule has 2 aromatic heterocycles. The molecule has 6 nitrogen and oxygen atoms in total. The Kier molecular flexibility index (Phi) is 5.03. The first-order chi connectivity index (χ1) is 13.0. The average Bonchev–Trinajstić information content (AvgIpc) is 3.04. The van der Waals surface area contributed by atoms with Crippen molar-refractivity contribution in [2.45, 2.75) is 12.1 Å². The van der Waals surface area contributed by atoms with Gasteiger partial charge in [-0.05, 0) is 37.3 Å². The molecule has 0 saturated carbocycles. The number of carbonyl (C=O) groups is 1. The Morgan fingerprint density at radius 2 is 2.07 bits per heavy atom. The minimum atomic E-state index is -0.177. The lowest BCUT2D eigenvalue weighted by Crippen LogP contribution is -2.15. The number of anilines is 1. The maximum absolute atomic E-state index is 12.4. The molecule has 136 valence electrons. The van der Waals surface area contributed by atoms with E-state index in [1.54, 1.807) is 16.6 Å². The van der Waals surface area contributed by atoms with Crippen molar-refractivity contribution in [1.82, 2.24) is 19.6 Å². The molecule has 2 heterocycles. The molecule has 0 fully saturated rings. The van der Waals surface area contributed by atoms with Gasteiger partial charge in [-0.15, -0.1) is 5.10 Å². The van der Waals surface area contributed by atoms with E-state index in [4.69, 9.17) is 11.6 Å². The summed E-state index contributed by atoms with van der Waals surface area (Å²) >= 11 is 10.8. The molecule has 1 N–H and O–H groups in total. The van der Waals surface area contributed by atoms with Crippen LogP contribution in [-0.2, 0) is 4.79 Å². The number of hydrogen-bond acceptors (Lipinski definition) is 5. The molecule has 0 aliphatic carbocycles. The molecule has 4 rings (SSSR count). The summed E-state index contributed by atoms with van der Waals surface area (Å²) in [4.78, 5) is 21.5. The minimum absolute atomic E-state index is 0.172. The number of fused-ring (bicyclic) bond motifs is 3. The van der Waals surface area contributed by atoms with Crippen LogP contribution in [0, 0.1) is 6.92 Å². The van der Waals surface area contributed by atoms with Gasteiger partial charge in [-0.2, -0.15) is 4.52 Å². The summed E-state index contributed by atoms with van der Waals surface area (Å²) in [6.07, 6.45) is 0. The molecule has 0 saturated heterocycles. The Morgan fingerprint density at radius 1 is 1.26 bits per heavy atom. The van der Waals surface area contributed by atoms with Crippen LogP contribution in [0.25, 0.3) is 16.6 Å². The van der Waals surface area contributed by atoms with E-state index < -0.39 is 0 Å². The Labute approximate surface area is 172 Å². The second kappa shape index (κ2) is 7.46. The van der Waals surface area contributed by atoms with E-state index in [0.717, 1.165) is 21.0 Å². The van der Waals surface area contributed by atoms with Crippen LogP contribution < -0.4 is 5.32 Å². The number of nitrogens with one attached hydrogen (secondary N) is 1. The molecule has 0 radical (unpaired) electrons. The summed E-state index contributed by atoms with van der Waals surface area (Å²) in [5, 5.41) is 9.24. The van der Waals surface area contributed by atoms with Gasteiger partial charge in [0.2, 0.25) is 5.91 Å². The molecule has 2 aromatic carbocycles. The topological polar surface area (TPSA) is 72.2 Å². The molecule has 1 amide bonds. The molecular formula is C18H13BrClN5OS. The van der Waals surface area contributed by atoms with E-state index in [1.165, 1.54) is 11.8 Å². The van der Waals surface area contributed by atoms with Crippen LogP contribution in [0.3, 0.4) is 0 Å². The van der Waals surface area contributed by atoms with Crippen molar-refractivity contribution in [2.75, 3.05) is 11.1 Å². The largest absolute Gasteiger partial charge is 0.324 e. The van der Waals surface area contributed by atoms with Gasteiger partial charge in [-0.25, -0.2) is 9.97 Å². The van der Waals surface area contributed by atoms with E-state index in [1.807, 2.05) is 37.3 Å². The molecule has 0 unspecified atom stereocenters. The summed E-state index contributed by atoms with van der Waals surface area (Å²) in [5.74, 6) is 0.649. The van der Waals surface area contributed by atoms with Crippen LogP contribution in [0.4, 0.5) is 5.69 Å². The van der Waals surface area contributed by atoms with Gasteiger partial charge in [0, 0.05) is 9.86 Å². The Bertz CT molecular complexity index is 1180. The molecule has 27 heavy (non-hydrogen) atoms. The summed E-state index contributed by atoms with van der Waals surface area (Å²) in [7, 11) is 0. The van der Waals surface area contributed by atoms with E-state index in [0.29, 0.717) is 21.7 Å². The number of carbonyl (C=O) groups excluding carboxylic acids is 1. The summed E-state index contributed by atoms with van der Waals surface area (Å²) < 4.78 is 2.53.